The van der Waals surface area contributed by atoms with E-state index < -0.39 is 5.97 Å². The average Bonchev–Trinajstić information content (AvgIpc) is 2.98. The van der Waals surface area contributed by atoms with Crippen LogP contribution in [0.4, 0.5) is 0 Å². The molecule has 7 heteroatoms. The molecule has 2 heterocycles. The molecule has 0 fully saturated rings. The number of aromatic carboxylic acids is 1. The first-order valence-corrected chi connectivity index (χ1v) is 7.39. The topological polar surface area (TPSA) is 101 Å². The summed E-state index contributed by atoms with van der Waals surface area (Å²) in [7, 11) is 1.53. The van der Waals surface area contributed by atoms with E-state index in [2.05, 4.69) is 16.2 Å². The Morgan fingerprint density at radius 1 is 1.24 bits per heavy atom. The molecule has 0 spiro atoms. The van der Waals surface area contributed by atoms with Crippen LogP contribution in [-0.4, -0.2) is 33.0 Å². The van der Waals surface area contributed by atoms with Crippen molar-refractivity contribution in [2.24, 2.45) is 0 Å². The van der Waals surface area contributed by atoms with Crippen molar-refractivity contribution in [2.75, 3.05) is 7.11 Å². The number of nitriles is 1. The van der Waals surface area contributed by atoms with Gasteiger partial charge in [-0.25, -0.2) is 9.78 Å². The van der Waals surface area contributed by atoms with Gasteiger partial charge in [0.15, 0.2) is 5.82 Å². The third-order valence-electron chi connectivity index (χ3n) is 3.73. The number of benzene rings is 1. The van der Waals surface area contributed by atoms with Gasteiger partial charge in [-0.2, -0.15) is 15.0 Å². The number of carbonyl (C=O) groups is 1. The number of methoxy groups -OCH3 is 1. The number of hydrogen-bond donors (Lipinski definition) is 1. The van der Waals surface area contributed by atoms with Crippen LogP contribution in [0.25, 0.3) is 16.9 Å². The van der Waals surface area contributed by atoms with Gasteiger partial charge in [-0.3, -0.25) is 0 Å². The molecule has 3 rings (SSSR count). The minimum Gasteiger partial charge on any atom is -0.480 e. The molecule has 0 aliphatic rings. The number of carboxylic acid groups (broad SMARTS) is 1. The zero-order valence-corrected chi connectivity index (χ0v) is 13.6. The van der Waals surface area contributed by atoms with E-state index in [-0.39, 0.29) is 5.56 Å². The number of carboxylic acids is 1. The van der Waals surface area contributed by atoms with Crippen molar-refractivity contribution in [3.63, 3.8) is 0 Å². The molecule has 0 bridgehead atoms. The monoisotopic (exact) mass is 334 g/mol. The van der Waals surface area contributed by atoms with Gasteiger partial charge in [0, 0.05) is 6.20 Å². The second kappa shape index (κ2) is 6.45. The fourth-order valence-electron chi connectivity index (χ4n) is 2.53. The summed E-state index contributed by atoms with van der Waals surface area (Å²) in [5.41, 5.74) is 3.04. The van der Waals surface area contributed by atoms with Gasteiger partial charge in [-0.1, -0.05) is 12.1 Å². The van der Waals surface area contributed by atoms with Gasteiger partial charge in [0.2, 0.25) is 5.88 Å². The Balaban J connectivity index is 2.10. The minimum absolute atomic E-state index is 0.0962. The van der Waals surface area contributed by atoms with Gasteiger partial charge in [0.25, 0.3) is 0 Å². The molecule has 25 heavy (non-hydrogen) atoms. The first-order valence-electron chi connectivity index (χ1n) is 7.39. The Kier molecular flexibility index (Phi) is 4.18. The Labute approximate surface area is 143 Å². The van der Waals surface area contributed by atoms with Gasteiger partial charge in [0.1, 0.15) is 0 Å². The molecule has 1 N–H and O–H groups in total. The van der Waals surface area contributed by atoms with Crippen molar-refractivity contribution in [1.29, 1.82) is 5.26 Å². The Bertz CT molecular complexity index is 967. The minimum atomic E-state index is -1.04. The zero-order valence-electron chi connectivity index (χ0n) is 13.6. The van der Waals surface area contributed by atoms with Crippen LogP contribution in [0, 0.1) is 18.3 Å². The van der Waals surface area contributed by atoms with Crippen LogP contribution in [0.2, 0.25) is 0 Å². The maximum Gasteiger partial charge on any atom is 0.337 e. The Morgan fingerprint density at radius 3 is 2.48 bits per heavy atom. The molecule has 0 radical (unpaired) electrons. The molecular weight excluding hydrogens is 320 g/mol. The average molecular weight is 334 g/mol. The van der Waals surface area contributed by atoms with Crippen LogP contribution >= 0.6 is 0 Å². The molecule has 2 aromatic heterocycles. The van der Waals surface area contributed by atoms with Crippen LogP contribution < -0.4 is 4.74 Å². The number of aromatic nitrogens is 3. The fraction of sp³-hybridized carbons (Fsp3) is 0.111. The summed E-state index contributed by atoms with van der Waals surface area (Å²) < 4.78 is 7.04. The molecule has 7 nitrogen and oxygen atoms in total. The standard InChI is InChI=1S/C18H14N4O3/c1-11-16(13-5-3-12(9-19)4-6-13)17(25-2)22(21-11)15-8-7-14(10-20-15)18(23)24/h3-8,10H,1-2H3,(H,23,24). The van der Waals surface area contributed by atoms with Gasteiger partial charge >= 0.3 is 5.97 Å². The lowest BCUT2D eigenvalue weighted by Crippen LogP contribution is -2.04. The summed E-state index contributed by atoms with van der Waals surface area (Å²) in [5.74, 6) is -0.108. The molecule has 0 atom stereocenters. The van der Waals surface area contributed by atoms with Crippen molar-refractivity contribution >= 4 is 5.97 Å². The number of ether oxygens (including phenoxy) is 1. The molecule has 124 valence electrons. The molecule has 3 aromatic rings. The van der Waals surface area contributed by atoms with Gasteiger partial charge in [-0.05, 0) is 36.8 Å². The molecule has 0 aliphatic heterocycles. The Morgan fingerprint density at radius 2 is 1.96 bits per heavy atom. The van der Waals surface area contributed by atoms with Crippen LogP contribution in [0.15, 0.2) is 42.6 Å². The molecule has 0 saturated carbocycles. The maximum atomic E-state index is 11.0. The zero-order chi connectivity index (χ0) is 18.0. The fourth-order valence-corrected chi connectivity index (χ4v) is 2.53. The van der Waals surface area contributed by atoms with Crippen LogP contribution in [0.1, 0.15) is 21.6 Å². The highest BCUT2D eigenvalue weighted by Crippen LogP contribution is 2.34. The number of rotatable bonds is 4. The predicted molar refractivity (Wildman–Crippen MR) is 89.8 cm³/mol. The lowest BCUT2D eigenvalue weighted by Gasteiger charge is -2.08. The molecule has 0 unspecified atom stereocenters. The van der Waals surface area contributed by atoms with Crippen LogP contribution in [0.5, 0.6) is 5.88 Å². The van der Waals surface area contributed by atoms with Crippen molar-refractivity contribution in [3.05, 3.63) is 59.4 Å². The highest BCUT2D eigenvalue weighted by atomic mass is 16.5. The van der Waals surface area contributed by atoms with Crippen molar-refractivity contribution in [3.8, 4) is 28.9 Å². The second-order valence-corrected chi connectivity index (χ2v) is 5.28. The normalized spacial score (nSPS) is 10.3. The van der Waals surface area contributed by atoms with E-state index in [0.29, 0.717) is 17.3 Å². The number of pyridine rings is 1. The van der Waals surface area contributed by atoms with Crippen molar-refractivity contribution in [2.45, 2.75) is 6.92 Å². The first kappa shape index (κ1) is 16.2. The van der Waals surface area contributed by atoms with E-state index in [9.17, 15) is 4.79 Å². The molecule has 1 aromatic carbocycles. The van der Waals surface area contributed by atoms with Gasteiger partial charge < -0.3 is 9.84 Å². The van der Waals surface area contributed by atoms with E-state index in [1.165, 1.54) is 24.1 Å². The van der Waals surface area contributed by atoms with E-state index in [4.69, 9.17) is 15.1 Å². The SMILES string of the molecule is COc1c(-c2ccc(C#N)cc2)c(C)nn1-c1ccc(C(=O)O)cn1. The maximum absolute atomic E-state index is 11.0. The van der Waals surface area contributed by atoms with Crippen LogP contribution in [-0.2, 0) is 0 Å². The quantitative estimate of drug-likeness (QED) is 0.787. The summed E-state index contributed by atoms with van der Waals surface area (Å²) in [6.45, 7) is 1.85. The molecule has 0 aliphatic carbocycles. The third-order valence-corrected chi connectivity index (χ3v) is 3.73. The largest absolute Gasteiger partial charge is 0.480 e. The first-order chi connectivity index (χ1) is 12.0. The summed E-state index contributed by atoms with van der Waals surface area (Å²) in [6, 6.07) is 12.2. The van der Waals surface area contributed by atoms with E-state index >= 15 is 0 Å². The van der Waals surface area contributed by atoms with E-state index in [0.717, 1.165) is 16.8 Å². The highest BCUT2D eigenvalue weighted by molar-refractivity contribution is 5.87. The second-order valence-electron chi connectivity index (χ2n) is 5.28. The lowest BCUT2D eigenvalue weighted by molar-refractivity contribution is 0.0696. The predicted octanol–water partition coefficient (Wildman–Crippen LogP) is 2.82. The van der Waals surface area contributed by atoms with E-state index in [1.807, 2.05) is 19.1 Å². The molecule has 0 amide bonds. The summed E-state index contributed by atoms with van der Waals surface area (Å²) >= 11 is 0. The summed E-state index contributed by atoms with van der Waals surface area (Å²) in [4.78, 5) is 15.1. The van der Waals surface area contributed by atoms with Crippen molar-refractivity contribution in [1.82, 2.24) is 14.8 Å². The number of aryl methyl sites for hydroxylation is 1. The van der Waals surface area contributed by atoms with E-state index in [1.54, 1.807) is 18.2 Å². The van der Waals surface area contributed by atoms with Gasteiger partial charge in [0.05, 0.1) is 35.6 Å². The molecular formula is C18H14N4O3. The highest BCUT2D eigenvalue weighted by Gasteiger charge is 2.19. The summed E-state index contributed by atoms with van der Waals surface area (Å²) in [6.07, 6.45) is 1.27. The third kappa shape index (κ3) is 2.93. The van der Waals surface area contributed by atoms with Crippen LogP contribution in [0.3, 0.4) is 0 Å². The van der Waals surface area contributed by atoms with Crippen molar-refractivity contribution < 1.29 is 14.6 Å². The number of hydrogen-bond acceptors (Lipinski definition) is 5. The molecule has 0 saturated heterocycles. The number of nitrogens with zero attached hydrogens (tertiary/aromatic N) is 4. The van der Waals surface area contributed by atoms with Gasteiger partial charge in [-0.15, -0.1) is 0 Å². The lowest BCUT2D eigenvalue weighted by atomic mass is 10.0. The Hall–Kier alpha value is -3.66. The smallest absolute Gasteiger partial charge is 0.337 e. The summed E-state index contributed by atoms with van der Waals surface area (Å²) in [5, 5.41) is 22.4.